The molecule has 176 valence electrons. The lowest BCUT2D eigenvalue weighted by Gasteiger charge is -2.24. The Bertz CT molecular complexity index is 1240. The smallest absolute Gasteiger partial charge is 0.309 e. The molecule has 7 heteroatoms. The number of aliphatic hydroxyl groups is 1. The van der Waals surface area contributed by atoms with E-state index >= 15 is 0 Å². The van der Waals surface area contributed by atoms with Gasteiger partial charge in [0.1, 0.15) is 6.10 Å². The number of nitrogens with zero attached hydrogens (tertiary/aromatic N) is 4. The van der Waals surface area contributed by atoms with Gasteiger partial charge in [0.05, 0.1) is 12.5 Å². The van der Waals surface area contributed by atoms with E-state index in [1.54, 1.807) is 11.7 Å². The van der Waals surface area contributed by atoms with Gasteiger partial charge in [0.25, 0.3) is 0 Å². The summed E-state index contributed by atoms with van der Waals surface area (Å²) in [5.41, 5.74) is 8.57. The van der Waals surface area contributed by atoms with Crippen molar-refractivity contribution in [2.45, 2.75) is 52.7 Å². The Kier molecular flexibility index (Phi) is 6.75. The molecule has 2 atom stereocenters. The van der Waals surface area contributed by atoms with E-state index in [-0.39, 0.29) is 6.42 Å². The van der Waals surface area contributed by atoms with Crippen LogP contribution in [-0.2, 0) is 16.6 Å². The van der Waals surface area contributed by atoms with Gasteiger partial charge in [-0.05, 0) is 66.5 Å². The van der Waals surface area contributed by atoms with Crippen molar-refractivity contribution in [3.8, 4) is 0 Å². The highest BCUT2D eigenvalue weighted by Gasteiger charge is 2.26. The van der Waals surface area contributed by atoms with Crippen LogP contribution in [0.25, 0.3) is 11.1 Å². The molecule has 0 unspecified atom stereocenters. The van der Waals surface area contributed by atoms with Crippen LogP contribution in [0.5, 0.6) is 0 Å². The molecule has 2 aromatic carbocycles. The van der Waals surface area contributed by atoms with E-state index in [1.165, 1.54) is 11.1 Å². The predicted molar refractivity (Wildman–Crippen MR) is 131 cm³/mol. The average Bonchev–Trinajstić information content (AvgIpc) is 3.17. The Hall–Kier alpha value is -3.58. The summed E-state index contributed by atoms with van der Waals surface area (Å²) in [5, 5.41) is 22.3. The SMILES string of the molecule is Cc1ccc(C(=C(C=C[C@@H]2C[C@@H](O)CC(=O)O2)c2nnnn2C)c2ccc(C)cc2C)c(C)c1. The van der Waals surface area contributed by atoms with Gasteiger partial charge < -0.3 is 9.84 Å². The van der Waals surface area contributed by atoms with Crippen LogP contribution in [0.4, 0.5) is 0 Å². The Morgan fingerprint density at radius 3 is 2.18 bits per heavy atom. The molecular weight excluding hydrogens is 428 g/mol. The highest BCUT2D eigenvalue weighted by molar-refractivity contribution is 6.02. The van der Waals surface area contributed by atoms with Crippen LogP contribution in [0, 0.1) is 27.7 Å². The van der Waals surface area contributed by atoms with Crippen LogP contribution in [0.2, 0.25) is 0 Å². The van der Waals surface area contributed by atoms with Gasteiger partial charge in [-0.15, -0.1) is 5.10 Å². The maximum absolute atomic E-state index is 11.9. The zero-order valence-corrected chi connectivity index (χ0v) is 20.2. The summed E-state index contributed by atoms with van der Waals surface area (Å²) in [6, 6.07) is 12.8. The minimum absolute atomic E-state index is 0.0244. The molecule has 0 aliphatic carbocycles. The number of esters is 1. The minimum Gasteiger partial charge on any atom is -0.458 e. The number of hydrogen-bond acceptors (Lipinski definition) is 6. The fraction of sp³-hybridized carbons (Fsp3) is 0.333. The quantitative estimate of drug-likeness (QED) is 0.459. The van der Waals surface area contributed by atoms with Gasteiger partial charge in [0.15, 0.2) is 5.82 Å². The van der Waals surface area contributed by atoms with Crippen molar-refractivity contribution in [2.75, 3.05) is 0 Å². The molecule has 0 radical (unpaired) electrons. The van der Waals surface area contributed by atoms with E-state index in [1.807, 2.05) is 12.2 Å². The third-order valence-corrected chi connectivity index (χ3v) is 6.10. The number of ether oxygens (including phenoxy) is 1. The second-order valence-corrected chi connectivity index (χ2v) is 9.03. The zero-order chi connectivity index (χ0) is 24.4. The van der Waals surface area contributed by atoms with Gasteiger partial charge in [-0.3, -0.25) is 4.79 Å². The number of cyclic esters (lactones) is 1. The first-order valence-corrected chi connectivity index (χ1v) is 11.4. The molecule has 1 saturated heterocycles. The molecule has 1 fully saturated rings. The number of aryl methyl sites for hydroxylation is 5. The number of aliphatic hydroxyl groups excluding tert-OH is 1. The van der Waals surface area contributed by atoms with Gasteiger partial charge in [-0.25, -0.2) is 4.68 Å². The normalized spacial score (nSPS) is 18.2. The van der Waals surface area contributed by atoms with Crippen LogP contribution < -0.4 is 0 Å². The molecule has 1 aliphatic rings. The fourth-order valence-electron chi connectivity index (χ4n) is 4.48. The molecule has 1 aliphatic heterocycles. The maximum atomic E-state index is 11.9. The van der Waals surface area contributed by atoms with Crippen molar-refractivity contribution in [1.29, 1.82) is 0 Å². The fourth-order valence-corrected chi connectivity index (χ4v) is 4.48. The van der Waals surface area contributed by atoms with E-state index in [0.717, 1.165) is 33.4 Å². The van der Waals surface area contributed by atoms with Gasteiger partial charge in [0.2, 0.25) is 0 Å². The number of allylic oxidation sites excluding steroid dienone is 2. The van der Waals surface area contributed by atoms with E-state index in [0.29, 0.717) is 12.2 Å². The predicted octanol–water partition coefficient (Wildman–Crippen LogP) is 4.03. The summed E-state index contributed by atoms with van der Waals surface area (Å²) in [7, 11) is 1.80. The summed E-state index contributed by atoms with van der Waals surface area (Å²) >= 11 is 0. The summed E-state index contributed by atoms with van der Waals surface area (Å²) in [6.07, 6.45) is 2.88. The molecule has 2 heterocycles. The molecule has 0 bridgehead atoms. The summed E-state index contributed by atoms with van der Waals surface area (Å²) in [5.74, 6) is 0.192. The Labute approximate surface area is 199 Å². The standard InChI is InChI=1S/C27H30N4O3/c1-16-6-9-22(18(3)12-16)26(23-10-7-17(2)13-19(23)4)24(27-28-29-30-31(27)5)11-8-21-14-20(32)15-25(33)34-21/h6-13,20-21,32H,14-15H2,1-5H3/t20-,21-/m1/s1. The zero-order valence-electron chi connectivity index (χ0n) is 20.2. The van der Waals surface area contributed by atoms with E-state index in [9.17, 15) is 9.90 Å². The van der Waals surface area contributed by atoms with Crippen molar-refractivity contribution < 1.29 is 14.6 Å². The van der Waals surface area contributed by atoms with E-state index in [4.69, 9.17) is 4.74 Å². The molecule has 0 saturated carbocycles. The number of tetrazole rings is 1. The van der Waals surface area contributed by atoms with Crippen LogP contribution >= 0.6 is 0 Å². The largest absolute Gasteiger partial charge is 0.458 e. The first-order chi connectivity index (χ1) is 16.2. The van der Waals surface area contributed by atoms with Crippen molar-refractivity contribution in [3.05, 3.63) is 87.8 Å². The van der Waals surface area contributed by atoms with Crippen molar-refractivity contribution in [2.24, 2.45) is 7.05 Å². The van der Waals surface area contributed by atoms with Gasteiger partial charge in [-0.1, -0.05) is 53.6 Å². The van der Waals surface area contributed by atoms with Gasteiger partial charge in [-0.2, -0.15) is 0 Å². The molecule has 1 N–H and O–H groups in total. The number of rotatable bonds is 5. The topological polar surface area (TPSA) is 90.1 Å². The van der Waals surface area contributed by atoms with Crippen LogP contribution in [0.3, 0.4) is 0 Å². The number of hydrogen-bond donors (Lipinski definition) is 1. The first-order valence-electron chi connectivity index (χ1n) is 11.4. The number of carbonyl (C=O) groups excluding carboxylic acids is 1. The highest BCUT2D eigenvalue weighted by Crippen LogP contribution is 2.36. The third kappa shape index (κ3) is 4.99. The average molecular weight is 459 g/mol. The minimum atomic E-state index is -0.710. The number of benzene rings is 2. The van der Waals surface area contributed by atoms with E-state index in [2.05, 4.69) is 79.6 Å². The third-order valence-electron chi connectivity index (χ3n) is 6.10. The first kappa shape index (κ1) is 23.6. The summed E-state index contributed by atoms with van der Waals surface area (Å²) in [6.45, 7) is 8.35. The molecule has 7 nitrogen and oxygen atoms in total. The van der Waals surface area contributed by atoms with Crippen LogP contribution in [-0.4, -0.2) is 43.5 Å². The molecular formula is C27H30N4O3. The number of aromatic nitrogens is 4. The molecule has 4 rings (SSSR count). The van der Waals surface area contributed by atoms with Crippen LogP contribution in [0.1, 0.15) is 52.0 Å². The lowest BCUT2D eigenvalue weighted by molar-refractivity contribution is -0.156. The lowest BCUT2D eigenvalue weighted by atomic mass is 9.86. The maximum Gasteiger partial charge on any atom is 0.309 e. The number of carbonyl (C=O) groups is 1. The molecule has 1 aromatic heterocycles. The second-order valence-electron chi connectivity index (χ2n) is 9.03. The van der Waals surface area contributed by atoms with Crippen molar-refractivity contribution in [1.82, 2.24) is 20.2 Å². The van der Waals surface area contributed by atoms with Gasteiger partial charge in [0, 0.05) is 24.6 Å². The Balaban J connectivity index is 1.98. The summed E-state index contributed by atoms with van der Waals surface area (Å²) in [4.78, 5) is 11.9. The molecule has 0 spiro atoms. The second kappa shape index (κ2) is 9.73. The molecule has 3 aromatic rings. The Morgan fingerprint density at radius 1 is 1.06 bits per heavy atom. The van der Waals surface area contributed by atoms with Crippen molar-refractivity contribution in [3.63, 3.8) is 0 Å². The Morgan fingerprint density at radius 2 is 1.68 bits per heavy atom. The van der Waals surface area contributed by atoms with Crippen LogP contribution in [0.15, 0.2) is 48.6 Å². The van der Waals surface area contributed by atoms with Gasteiger partial charge >= 0.3 is 5.97 Å². The highest BCUT2D eigenvalue weighted by atomic mass is 16.5. The molecule has 34 heavy (non-hydrogen) atoms. The summed E-state index contributed by atoms with van der Waals surface area (Å²) < 4.78 is 7.09. The lowest BCUT2D eigenvalue weighted by Crippen LogP contribution is -2.31. The molecule has 0 amide bonds. The monoisotopic (exact) mass is 458 g/mol. The van der Waals surface area contributed by atoms with Crippen molar-refractivity contribution >= 4 is 17.1 Å². The van der Waals surface area contributed by atoms with E-state index < -0.39 is 18.2 Å².